The second-order valence-corrected chi connectivity index (χ2v) is 2.39. The lowest BCUT2D eigenvalue weighted by atomic mass is 10.0. The zero-order chi connectivity index (χ0) is 9.14. The minimum atomic E-state index is -0.479. The summed E-state index contributed by atoms with van der Waals surface area (Å²) in [4.78, 5) is 9.86. The number of hydrogen-bond acceptors (Lipinski definition) is 3. The summed E-state index contributed by atoms with van der Waals surface area (Å²) in [5, 5.41) is 17.7. The highest BCUT2D eigenvalue weighted by Gasteiger charge is 2.13. The quantitative estimate of drug-likeness (QED) is 0.473. The van der Waals surface area contributed by atoms with Gasteiger partial charge in [0.15, 0.2) is 0 Å². The summed E-state index contributed by atoms with van der Waals surface area (Å²) >= 11 is 0. The van der Waals surface area contributed by atoms with Crippen molar-refractivity contribution in [3.05, 3.63) is 45.7 Å². The van der Waals surface area contributed by atoms with E-state index >= 15 is 0 Å². The van der Waals surface area contributed by atoms with Gasteiger partial charge in [0.2, 0.25) is 0 Å². The minimum absolute atomic E-state index is 0.0144. The summed E-state index contributed by atoms with van der Waals surface area (Å²) in [6.07, 6.45) is 6.46. The molecule has 0 saturated heterocycles. The van der Waals surface area contributed by atoms with Gasteiger partial charge in [0.25, 0.3) is 5.70 Å². The summed E-state index contributed by atoms with van der Waals surface area (Å²) in [6.45, 7) is 1.40. The van der Waals surface area contributed by atoms with Crippen LogP contribution in [0.5, 0.6) is 0 Å². The van der Waals surface area contributed by atoms with E-state index in [1.165, 1.54) is 13.0 Å². The molecule has 0 fully saturated rings. The van der Waals surface area contributed by atoms with Crippen molar-refractivity contribution in [2.75, 3.05) is 0 Å². The SMILES string of the molecule is C/C(=C1\C=CC=CC1=N)[N+](=O)[O-]. The predicted molar refractivity (Wildman–Crippen MR) is 45.7 cm³/mol. The fraction of sp³-hybridized carbons (Fsp3) is 0.125. The fourth-order valence-electron chi connectivity index (χ4n) is 0.897. The Bertz CT molecular complexity index is 324. The predicted octanol–water partition coefficient (Wildman–Crippen LogP) is 1.68. The van der Waals surface area contributed by atoms with Gasteiger partial charge in [-0.25, -0.2) is 0 Å². The lowest BCUT2D eigenvalue weighted by Gasteiger charge is -2.02. The van der Waals surface area contributed by atoms with E-state index < -0.39 is 4.92 Å². The Hall–Kier alpha value is -1.71. The second-order valence-electron chi connectivity index (χ2n) is 2.39. The van der Waals surface area contributed by atoms with Crippen molar-refractivity contribution in [2.45, 2.75) is 6.92 Å². The molecule has 0 heterocycles. The van der Waals surface area contributed by atoms with Crippen LogP contribution in [0.15, 0.2) is 35.6 Å². The van der Waals surface area contributed by atoms with Crippen LogP contribution in [0.2, 0.25) is 0 Å². The van der Waals surface area contributed by atoms with Crippen LogP contribution in [0.25, 0.3) is 0 Å². The summed E-state index contributed by atoms with van der Waals surface area (Å²) in [7, 11) is 0. The van der Waals surface area contributed by atoms with Crippen molar-refractivity contribution >= 4 is 5.71 Å². The first-order valence-corrected chi connectivity index (χ1v) is 3.42. The van der Waals surface area contributed by atoms with E-state index in [2.05, 4.69) is 0 Å². The first-order valence-electron chi connectivity index (χ1n) is 3.42. The maximum absolute atomic E-state index is 10.3. The fourth-order valence-corrected chi connectivity index (χ4v) is 0.897. The van der Waals surface area contributed by atoms with Gasteiger partial charge in [0, 0.05) is 6.92 Å². The normalized spacial score (nSPS) is 19.6. The minimum Gasteiger partial charge on any atom is -0.300 e. The molecule has 4 nitrogen and oxygen atoms in total. The van der Waals surface area contributed by atoms with Gasteiger partial charge >= 0.3 is 0 Å². The lowest BCUT2D eigenvalue weighted by molar-refractivity contribution is -0.424. The molecule has 0 saturated carbocycles. The molecule has 1 aliphatic rings. The molecule has 0 aromatic rings. The Morgan fingerprint density at radius 1 is 1.50 bits per heavy atom. The van der Waals surface area contributed by atoms with Gasteiger partial charge in [-0.2, -0.15) is 0 Å². The van der Waals surface area contributed by atoms with Crippen molar-refractivity contribution in [3.8, 4) is 0 Å². The van der Waals surface area contributed by atoms with E-state index in [0.717, 1.165) is 0 Å². The van der Waals surface area contributed by atoms with Crippen molar-refractivity contribution in [3.63, 3.8) is 0 Å². The summed E-state index contributed by atoms with van der Waals surface area (Å²) in [6, 6.07) is 0. The topological polar surface area (TPSA) is 67.0 Å². The Morgan fingerprint density at radius 3 is 2.58 bits per heavy atom. The van der Waals surface area contributed by atoms with Crippen molar-refractivity contribution < 1.29 is 4.92 Å². The van der Waals surface area contributed by atoms with Crippen molar-refractivity contribution in [1.82, 2.24) is 0 Å². The molecule has 0 atom stereocenters. The molecule has 62 valence electrons. The molecule has 1 N–H and O–H groups in total. The molecule has 0 bridgehead atoms. The third-order valence-corrected chi connectivity index (χ3v) is 1.59. The smallest absolute Gasteiger partial charge is 0.252 e. The Labute approximate surface area is 69.6 Å². The van der Waals surface area contributed by atoms with Crippen LogP contribution in [0.4, 0.5) is 0 Å². The zero-order valence-corrected chi connectivity index (χ0v) is 6.57. The van der Waals surface area contributed by atoms with Crippen LogP contribution in [0, 0.1) is 15.5 Å². The maximum atomic E-state index is 10.3. The van der Waals surface area contributed by atoms with Gasteiger partial charge in [-0.15, -0.1) is 0 Å². The summed E-state index contributed by atoms with van der Waals surface area (Å²) in [5.41, 5.74) is 0.579. The first-order chi connectivity index (χ1) is 5.63. The number of nitrogens with zero attached hydrogens (tertiary/aromatic N) is 1. The Morgan fingerprint density at radius 2 is 2.08 bits per heavy atom. The highest BCUT2D eigenvalue weighted by Crippen LogP contribution is 2.12. The number of allylic oxidation sites excluding steroid dienone is 6. The molecule has 1 rings (SSSR count). The first kappa shape index (κ1) is 8.39. The van der Waals surface area contributed by atoms with Gasteiger partial charge in [-0.1, -0.05) is 12.2 Å². The van der Waals surface area contributed by atoms with Crippen molar-refractivity contribution in [2.24, 2.45) is 0 Å². The molecular weight excluding hydrogens is 156 g/mol. The van der Waals surface area contributed by atoms with Crippen LogP contribution >= 0.6 is 0 Å². The van der Waals surface area contributed by atoms with Crippen LogP contribution in [-0.4, -0.2) is 10.6 Å². The van der Waals surface area contributed by atoms with Gasteiger partial charge in [-0.3, -0.25) is 10.1 Å². The van der Waals surface area contributed by atoms with E-state index in [9.17, 15) is 10.1 Å². The number of nitro groups is 1. The molecule has 12 heavy (non-hydrogen) atoms. The largest absolute Gasteiger partial charge is 0.300 e. The molecule has 0 radical (unpaired) electrons. The van der Waals surface area contributed by atoms with E-state index in [-0.39, 0.29) is 11.4 Å². The lowest BCUT2D eigenvalue weighted by Crippen LogP contribution is -2.06. The average molecular weight is 164 g/mol. The van der Waals surface area contributed by atoms with Gasteiger partial charge in [0.05, 0.1) is 16.2 Å². The van der Waals surface area contributed by atoms with E-state index in [1.54, 1.807) is 18.2 Å². The highest BCUT2D eigenvalue weighted by molar-refractivity contribution is 6.09. The molecule has 0 unspecified atom stereocenters. The molecule has 0 aromatic heterocycles. The average Bonchev–Trinajstić information content (AvgIpc) is 2.04. The van der Waals surface area contributed by atoms with Crippen LogP contribution in [0.1, 0.15) is 6.92 Å². The monoisotopic (exact) mass is 164 g/mol. The van der Waals surface area contributed by atoms with Gasteiger partial charge < -0.3 is 5.41 Å². The van der Waals surface area contributed by atoms with E-state index in [1.807, 2.05) is 0 Å². The zero-order valence-electron chi connectivity index (χ0n) is 6.57. The van der Waals surface area contributed by atoms with Gasteiger partial charge in [-0.05, 0) is 12.2 Å². The summed E-state index contributed by atoms with van der Waals surface area (Å²) in [5.74, 6) is 0. The molecular formula is C8H8N2O2. The molecule has 1 aliphatic carbocycles. The molecule has 0 spiro atoms. The van der Waals surface area contributed by atoms with Gasteiger partial charge in [0.1, 0.15) is 0 Å². The van der Waals surface area contributed by atoms with E-state index in [4.69, 9.17) is 5.41 Å². The second kappa shape index (κ2) is 3.13. The molecule has 0 aliphatic heterocycles. The summed E-state index contributed by atoms with van der Waals surface area (Å²) < 4.78 is 0. The van der Waals surface area contributed by atoms with E-state index in [0.29, 0.717) is 5.57 Å². The third-order valence-electron chi connectivity index (χ3n) is 1.59. The Balaban J connectivity index is 3.10. The number of rotatable bonds is 1. The standard InChI is InChI=1S/C8H8N2O2/c1-6(10(11)12)7-4-2-3-5-8(7)9/h2-5,9H,1H3/b7-6-,9-8?. The number of hydrogen-bond donors (Lipinski definition) is 1. The van der Waals surface area contributed by atoms with Crippen LogP contribution in [-0.2, 0) is 0 Å². The molecule has 4 heteroatoms. The molecule has 0 amide bonds. The third kappa shape index (κ3) is 1.47. The maximum Gasteiger partial charge on any atom is 0.252 e. The molecule has 0 aromatic carbocycles. The number of nitrogens with one attached hydrogen (secondary N) is 1. The van der Waals surface area contributed by atoms with Crippen molar-refractivity contribution in [1.29, 1.82) is 5.41 Å². The van der Waals surface area contributed by atoms with Crippen LogP contribution < -0.4 is 0 Å². The van der Waals surface area contributed by atoms with Crippen LogP contribution in [0.3, 0.4) is 0 Å². The Kier molecular flexibility index (Phi) is 2.19. The highest BCUT2D eigenvalue weighted by atomic mass is 16.6.